The van der Waals surface area contributed by atoms with Crippen molar-refractivity contribution in [3.05, 3.63) is 88.6 Å². The summed E-state index contributed by atoms with van der Waals surface area (Å²) in [5, 5.41) is 18.2. The number of hydrogen-bond donors (Lipinski definition) is 1. The molecule has 0 aliphatic rings. The zero-order valence-electron chi connectivity index (χ0n) is 15.4. The van der Waals surface area contributed by atoms with Gasteiger partial charge in [-0.05, 0) is 42.5 Å². The van der Waals surface area contributed by atoms with Gasteiger partial charge in [-0.15, -0.1) is 0 Å². The Morgan fingerprint density at radius 2 is 1.72 bits per heavy atom. The molecule has 4 aromatic rings. The minimum atomic E-state index is -0.504. The van der Waals surface area contributed by atoms with E-state index in [9.17, 15) is 14.9 Å². The number of nitrogens with one attached hydrogen (secondary N) is 1. The number of hydrogen-bond acceptors (Lipinski definition) is 5. The molecule has 8 nitrogen and oxygen atoms in total. The highest BCUT2D eigenvalue weighted by Gasteiger charge is 2.21. The van der Waals surface area contributed by atoms with Gasteiger partial charge < -0.3 is 9.64 Å². The van der Waals surface area contributed by atoms with Crippen LogP contribution in [0.1, 0.15) is 10.5 Å². The third kappa shape index (κ3) is 3.63. The van der Waals surface area contributed by atoms with E-state index in [0.717, 1.165) is 0 Å². The Morgan fingerprint density at radius 1 is 1.03 bits per heavy atom. The Hall–Kier alpha value is -4.20. The number of aromatic nitrogens is 2. The molecule has 1 aromatic heterocycles. The van der Waals surface area contributed by atoms with Crippen LogP contribution in [-0.2, 0) is 0 Å². The van der Waals surface area contributed by atoms with Crippen molar-refractivity contribution in [3.8, 4) is 11.5 Å². The van der Waals surface area contributed by atoms with Gasteiger partial charge in [0, 0.05) is 30.3 Å². The molecule has 0 unspecified atom stereocenters. The highest BCUT2D eigenvalue weighted by molar-refractivity contribution is 6.12. The third-order valence-corrected chi connectivity index (χ3v) is 4.47. The second kappa shape index (κ2) is 7.43. The standard InChI is InChI=1S/C21H16N4O4/c1-24(14-7-10-17(11-8-14)29-16-5-3-2-4-6-16)21(26)20-18-13-15(25(27)28)9-12-19(18)22-23-20/h2-13H,1H3,(H,22,23). The Morgan fingerprint density at radius 3 is 2.41 bits per heavy atom. The number of amides is 1. The molecule has 144 valence electrons. The van der Waals surface area contributed by atoms with Gasteiger partial charge in [0.15, 0.2) is 5.69 Å². The summed E-state index contributed by atoms with van der Waals surface area (Å²) in [6.07, 6.45) is 0. The SMILES string of the molecule is CN(C(=O)c1n[nH]c2ccc([N+](=O)[O-])cc12)c1ccc(Oc2ccccc2)cc1. The van der Waals surface area contributed by atoms with Gasteiger partial charge in [0.2, 0.25) is 0 Å². The van der Waals surface area contributed by atoms with Gasteiger partial charge in [-0.3, -0.25) is 20.0 Å². The number of H-pyrrole nitrogens is 1. The fraction of sp³-hybridized carbons (Fsp3) is 0.0476. The van der Waals surface area contributed by atoms with Crippen LogP contribution in [0.25, 0.3) is 10.9 Å². The first-order valence-corrected chi connectivity index (χ1v) is 8.76. The number of ether oxygens (including phenoxy) is 1. The lowest BCUT2D eigenvalue weighted by Gasteiger charge is -2.17. The Balaban J connectivity index is 1.57. The predicted molar refractivity (Wildman–Crippen MR) is 108 cm³/mol. The Bertz CT molecular complexity index is 1190. The average Bonchev–Trinajstić information content (AvgIpc) is 3.17. The van der Waals surface area contributed by atoms with E-state index in [0.29, 0.717) is 28.1 Å². The van der Waals surface area contributed by atoms with Crippen LogP contribution in [0.15, 0.2) is 72.8 Å². The molecule has 3 aromatic carbocycles. The molecular weight excluding hydrogens is 372 g/mol. The van der Waals surface area contributed by atoms with Crippen LogP contribution in [0.3, 0.4) is 0 Å². The summed E-state index contributed by atoms with van der Waals surface area (Å²) in [7, 11) is 1.62. The number of carbonyl (C=O) groups excluding carboxylic acids is 1. The Kier molecular flexibility index (Phi) is 4.66. The molecule has 8 heteroatoms. The smallest absolute Gasteiger partial charge is 0.279 e. The number of para-hydroxylation sites is 1. The molecule has 0 saturated carbocycles. The average molecular weight is 388 g/mol. The molecule has 0 fully saturated rings. The molecule has 4 rings (SSSR count). The number of rotatable bonds is 5. The molecule has 0 aliphatic carbocycles. The molecule has 29 heavy (non-hydrogen) atoms. The maximum atomic E-state index is 12.9. The molecule has 0 spiro atoms. The number of nitrogens with zero attached hydrogens (tertiary/aromatic N) is 3. The normalized spacial score (nSPS) is 10.7. The molecule has 1 amide bonds. The van der Waals surface area contributed by atoms with Crippen molar-refractivity contribution in [3.63, 3.8) is 0 Å². The summed E-state index contributed by atoms with van der Waals surface area (Å²) < 4.78 is 5.75. The number of benzene rings is 3. The first kappa shape index (κ1) is 18.2. The van der Waals surface area contributed by atoms with Crippen LogP contribution < -0.4 is 9.64 Å². The van der Waals surface area contributed by atoms with Gasteiger partial charge >= 0.3 is 0 Å². The van der Waals surface area contributed by atoms with Gasteiger partial charge in [-0.25, -0.2) is 0 Å². The lowest BCUT2D eigenvalue weighted by Crippen LogP contribution is -2.26. The fourth-order valence-electron chi connectivity index (χ4n) is 2.92. The van der Waals surface area contributed by atoms with Gasteiger partial charge in [-0.1, -0.05) is 18.2 Å². The van der Waals surface area contributed by atoms with E-state index in [2.05, 4.69) is 10.2 Å². The van der Waals surface area contributed by atoms with Gasteiger partial charge in [-0.2, -0.15) is 5.10 Å². The summed E-state index contributed by atoms with van der Waals surface area (Å²) in [5.41, 5.74) is 1.21. The third-order valence-electron chi connectivity index (χ3n) is 4.47. The minimum absolute atomic E-state index is 0.0991. The van der Waals surface area contributed by atoms with Crippen LogP contribution in [0.5, 0.6) is 11.5 Å². The van der Waals surface area contributed by atoms with Crippen LogP contribution >= 0.6 is 0 Å². The predicted octanol–water partition coefficient (Wildman–Crippen LogP) is 4.54. The van der Waals surface area contributed by atoms with Gasteiger partial charge in [0.25, 0.3) is 11.6 Å². The van der Waals surface area contributed by atoms with Gasteiger partial charge in [0.05, 0.1) is 10.4 Å². The number of fused-ring (bicyclic) bond motifs is 1. The lowest BCUT2D eigenvalue weighted by atomic mass is 10.1. The number of anilines is 1. The van der Waals surface area contributed by atoms with E-state index >= 15 is 0 Å². The number of aromatic amines is 1. The molecule has 0 saturated heterocycles. The van der Waals surface area contributed by atoms with E-state index in [4.69, 9.17) is 4.74 Å². The highest BCUT2D eigenvalue weighted by Crippen LogP contribution is 2.27. The van der Waals surface area contributed by atoms with Crippen molar-refractivity contribution in [1.29, 1.82) is 0 Å². The van der Waals surface area contributed by atoms with E-state index < -0.39 is 4.92 Å². The summed E-state index contributed by atoms with van der Waals surface area (Å²) in [5.74, 6) is 0.976. The summed E-state index contributed by atoms with van der Waals surface area (Å²) in [6, 6.07) is 20.7. The molecule has 0 bridgehead atoms. The molecule has 0 atom stereocenters. The summed E-state index contributed by atoms with van der Waals surface area (Å²) >= 11 is 0. The molecule has 1 N–H and O–H groups in total. The van der Waals surface area contributed by atoms with Gasteiger partial charge in [0.1, 0.15) is 11.5 Å². The number of nitro groups is 1. The van der Waals surface area contributed by atoms with Crippen LogP contribution in [0.2, 0.25) is 0 Å². The first-order valence-electron chi connectivity index (χ1n) is 8.76. The largest absolute Gasteiger partial charge is 0.457 e. The maximum absolute atomic E-state index is 12.9. The van der Waals surface area contributed by atoms with E-state index in [-0.39, 0.29) is 17.3 Å². The monoisotopic (exact) mass is 388 g/mol. The quantitative estimate of drug-likeness (QED) is 0.399. The highest BCUT2D eigenvalue weighted by atomic mass is 16.6. The van der Waals surface area contributed by atoms with Crippen molar-refractivity contribution >= 4 is 28.2 Å². The first-order chi connectivity index (χ1) is 14.0. The minimum Gasteiger partial charge on any atom is -0.457 e. The maximum Gasteiger partial charge on any atom is 0.279 e. The lowest BCUT2D eigenvalue weighted by molar-refractivity contribution is -0.384. The Labute approximate surface area is 165 Å². The van der Waals surface area contributed by atoms with Crippen LogP contribution in [0, 0.1) is 10.1 Å². The number of non-ortho nitro benzene ring substituents is 1. The van der Waals surface area contributed by atoms with Crippen molar-refractivity contribution in [1.82, 2.24) is 10.2 Å². The van der Waals surface area contributed by atoms with Crippen molar-refractivity contribution < 1.29 is 14.5 Å². The van der Waals surface area contributed by atoms with Crippen molar-refractivity contribution in [2.24, 2.45) is 0 Å². The fourth-order valence-corrected chi connectivity index (χ4v) is 2.92. The second-order valence-corrected chi connectivity index (χ2v) is 6.33. The zero-order valence-corrected chi connectivity index (χ0v) is 15.4. The van der Waals surface area contributed by atoms with Crippen molar-refractivity contribution in [2.75, 3.05) is 11.9 Å². The number of carbonyl (C=O) groups is 1. The van der Waals surface area contributed by atoms with E-state index in [1.807, 2.05) is 30.3 Å². The van der Waals surface area contributed by atoms with Crippen LogP contribution in [-0.4, -0.2) is 28.1 Å². The molecule has 1 heterocycles. The summed E-state index contributed by atoms with van der Waals surface area (Å²) in [6.45, 7) is 0. The van der Waals surface area contributed by atoms with Crippen LogP contribution in [0.4, 0.5) is 11.4 Å². The van der Waals surface area contributed by atoms with Crippen molar-refractivity contribution in [2.45, 2.75) is 0 Å². The molecule has 0 aliphatic heterocycles. The second-order valence-electron chi connectivity index (χ2n) is 6.33. The number of nitro benzene ring substituents is 1. The molecule has 0 radical (unpaired) electrons. The van der Waals surface area contributed by atoms with E-state index in [1.54, 1.807) is 31.3 Å². The summed E-state index contributed by atoms with van der Waals surface area (Å²) in [4.78, 5) is 24.9. The topological polar surface area (TPSA) is 101 Å². The van der Waals surface area contributed by atoms with E-state index in [1.165, 1.54) is 23.1 Å². The molecular formula is C21H16N4O4. The zero-order chi connectivity index (χ0) is 20.4.